The average Bonchev–Trinajstić information content (AvgIpc) is 2.54. The van der Waals surface area contributed by atoms with Crippen molar-refractivity contribution in [3.05, 3.63) is 71.3 Å². The van der Waals surface area contributed by atoms with Crippen molar-refractivity contribution in [2.24, 2.45) is 0 Å². The highest BCUT2D eigenvalue weighted by Crippen LogP contribution is 2.11. The molecule has 0 radical (unpaired) electrons. The van der Waals surface area contributed by atoms with Crippen molar-refractivity contribution < 1.29 is 14.4 Å². The van der Waals surface area contributed by atoms with Gasteiger partial charge in [-0.25, -0.2) is 0 Å². The molecule has 0 saturated carbocycles. The highest BCUT2D eigenvalue weighted by atomic mass is 16.6. The zero-order valence-electron chi connectivity index (χ0n) is 12.0. The molecule has 2 rings (SSSR count). The minimum atomic E-state index is -0.250. The Hall–Kier alpha value is -2.17. The second kappa shape index (κ2) is 8.19. The number of nitrogens with one attached hydrogen (secondary N) is 1. The van der Waals surface area contributed by atoms with Gasteiger partial charge in [-0.15, -0.1) is 0 Å². The van der Waals surface area contributed by atoms with Crippen LogP contribution in [0.15, 0.2) is 54.6 Å². The molecule has 0 heterocycles. The minimum Gasteiger partial charge on any atom is -0.469 e. The monoisotopic (exact) mass is 285 g/mol. The Labute approximate surface area is 124 Å². The molecule has 0 bridgehead atoms. The quantitative estimate of drug-likeness (QED) is 0.482. The summed E-state index contributed by atoms with van der Waals surface area (Å²) in [6, 6.07) is 17.7. The van der Waals surface area contributed by atoms with Crippen molar-refractivity contribution in [2.45, 2.75) is 19.6 Å². The van der Waals surface area contributed by atoms with Crippen LogP contribution in [0.3, 0.4) is 0 Å². The maximum atomic E-state index is 11.4. The predicted molar refractivity (Wildman–Crippen MR) is 80.2 cm³/mol. The summed E-state index contributed by atoms with van der Waals surface area (Å²) in [4.78, 5) is 16.8. The third-order valence-corrected chi connectivity index (χ3v) is 3.13. The lowest BCUT2D eigenvalue weighted by Crippen LogP contribution is -2.15. The fraction of sp³-hybridized carbons (Fsp3) is 0.235. The summed E-state index contributed by atoms with van der Waals surface area (Å²) in [6.45, 7) is 1.04. The zero-order valence-corrected chi connectivity index (χ0v) is 12.0. The summed E-state index contributed by atoms with van der Waals surface area (Å²) in [5.41, 5.74) is 5.98. The number of ether oxygens (including phenoxy) is 1. The van der Waals surface area contributed by atoms with E-state index < -0.39 is 0 Å². The Kier molecular flexibility index (Phi) is 5.94. The van der Waals surface area contributed by atoms with Crippen LogP contribution in [-0.2, 0) is 33.9 Å². The van der Waals surface area contributed by atoms with E-state index in [9.17, 15) is 4.79 Å². The van der Waals surface area contributed by atoms with Crippen LogP contribution in [0.1, 0.15) is 16.7 Å². The molecule has 0 unspecified atom stereocenters. The van der Waals surface area contributed by atoms with Crippen molar-refractivity contribution in [1.82, 2.24) is 5.48 Å². The van der Waals surface area contributed by atoms with Crippen molar-refractivity contribution >= 4 is 5.97 Å². The Balaban J connectivity index is 1.84. The first-order chi connectivity index (χ1) is 10.3. The maximum Gasteiger partial charge on any atom is 0.309 e. The van der Waals surface area contributed by atoms with Crippen LogP contribution in [0, 0.1) is 0 Å². The molecule has 4 nitrogen and oxygen atoms in total. The van der Waals surface area contributed by atoms with Gasteiger partial charge in [-0.05, 0) is 16.7 Å². The van der Waals surface area contributed by atoms with E-state index in [1.165, 1.54) is 7.11 Å². The highest BCUT2D eigenvalue weighted by Gasteiger charge is 2.07. The number of carbonyl (C=O) groups is 1. The molecular weight excluding hydrogens is 266 g/mol. The molecule has 1 N–H and O–H groups in total. The van der Waals surface area contributed by atoms with Crippen LogP contribution in [0.2, 0.25) is 0 Å². The van der Waals surface area contributed by atoms with Gasteiger partial charge in [0, 0.05) is 6.54 Å². The van der Waals surface area contributed by atoms with Crippen LogP contribution in [-0.4, -0.2) is 13.1 Å². The molecule has 0 fully saturated rings. The zero-order chi connectivity index (χ0) is 14.9. The molecule has 2 aromatic carbocycles. The van der Waals surface area contributed by atoms with E-state index in [4.69, 9.17) is 9.57 Å². The summed E-state index contributed by atoms with van der Waals surface area (Å²) in [7, 11) is 1.39. The van der Waals surface area contributed by atoms with Crippen molar-refractivity contribution in [1.29, 1.82) is 0 Å². The lowest BCUT2D eigenvalue weighted by Gasteiger charge is -2.10. The second-order valence-electron chi connectivity index (χ2n) is 4.62. The summed E-state index contributed by atoms with van der Waals surface area (Å²) in [5, 5.41) is 0. The van der Waals surface area contributed by atoms with E-state index in [1.54, 1.807) is 0 Å². The van der Waals surface area contributed by atoms with Gasteiger partial charge in [0.2, 0.25) is 0 Å². The number of rotatable bonds is 7. The molecule has 0 aromatic heterocycles. The first-order valence-corrected chi connectivity index (χ1v) is 6.82. The number of carbonyl (C=O) groups excluding carboxylic acids is 1. The van der Waals surface area contributed by atoms with Crippen LogP contribution in [0.4, 0.5) is 0 Å². The Bertz CT molecular complexity index is 569. The molecule has 21 heavy (non-hydrogen) atoms. The number of benzene rings is 2. The van der Waals surface area contributed by atoms with Gasteiger partial charge in [0.15, 0.2) is 0 Å². The highest BCUT2D eigenvalue weighted by molar-refractivity contribution is 5.72. The van der Waals surface area contributed by atoms with Crippen LogP contribution in [0.5, 0.6) is 0 Å². The minimum absolute atomic E-state index is 0.250. The van der Waals surface area contributed by atoms with E-state index in [2.05, 4.69) is 5.48 Å². The predicted octanol–water partition coefficient (Wildman–Crippen LogP) is 2.62. The van der Waals surface area contributed by atoms with Crippen molar-refractivity contribution in [2.75, 3.05) is 7.11 Å². The van der Waals surface area contributed by atoms with E-state index in [0.717, 1.165) is 16.7 Å². The summed E-state index contributed by atoms with van der Waals surface area (Å²) < 4.78 is 4.70. The normalized spacial score (nSPS) is 10.3. The second-order valence-corrected chi connectivity index (χ2v) is 4.62. The Morgan fingerprint density at radius 1 is 1.00 bits per heavy atom. The molecule has 0 aliphatic heterocycles. The lowest BCUT2D eigenvalue weighted by molar-refractivity contribution is -0.139. The number of hydrogen-bond donors (Lipinski definition) is 1. The molecule has 0 aliphatic rings. The van der Waals surface area contributed by atoms with Gasteiger partial charge in [-0.3, -0.25) is 9.63 Å². The summed E-state index contributed by atoms with van der Waals surface area (Å²) >= 11 is 0. The van der Waals surface area contributed by atoms with Crippen LogP contribution >= 0.6 is 0 Å². The molecule has 0 saturated heterocycles. The van der Waals surface area contributed by atoms with E-state index in [0.29, 0.717) is 13.2 Å². The summed E-state index contributed by atoms with van der Waals surface area (Å²) in [5.74, 6) is -0.250. The van der Waals surface area contributed by atoms with E-state index in [-0.39, 0.29) is 12.4 Å². The standard InChI is InChI=1S/C17H19NO3/c1-20-17(19)11-15-9-5-6-10-16(15)13-21-18-12-14-7-3-2-4-8-14/h2-10,18H,11-13H2,1H3. The van der Waals surface area contributed by atoms with Crippen LogP contribution < -0.4 is 5.48 Å². The summed E-state index contributed by atoms with van der Waals surface area (Å²) in [6.07, 6.45) is 0.259. The van der Waals surface area contributed by atoms with Gasteiger partial charge >= 0.3 is 5.97 Å². The number of hydroxylamine groups is 1. The number of esters is 1. The SMILES string of the molecule is COC(=O)Cc1ccccc1CONCc1ccccc1. The lowest BCUT2D eigenvalue weighted by atomic mass is 10.1. The van der Waals surface area contributed by atoms with Gasteiger partial charge in [-0.1, -0.05) is 54.6 Å². The Morgan fingerprint density at radius 2 is 1.67 bits per heavy atom. The number of methoxy groups -OCH3 is 1. The number of hydrogen-bond acceptors (Lipinski definition) is 4. The fourth-order valence-corrected chi connectivity index (χ4v) is 1.96. The van der Waals surface area contributed by atoms with Crippen molar-refractivity contribution in [3.8, 4) is 0 Å². The van der Waals surface area contributed by atoms with Gasteiger partial charge in [0.05, 0.1) is 20.1 Å². The Morgan fingerprint density at radius 3 is 2.38 bits per heavy atom. The maximum absolute atomic E-state index is 11.4. The van der Waals surface area contributed by atoms with Gasteiger partial charge in [0.1, 0.15) is 0 Å². The van der Waals surface area contributed by atoms with Gasteiger partial charge < -0.3 is 4.74 Å². The molecule has 0 spiro atoms. The first-order valence-electron chi connectivity index (χ1n) is 6.82. The molecule has 110 valence electrons. The largest absolute Gasteiger partial charge is 0.469 e. The topological polar surface area (TPSA) is 47.6 Å². The fourth-order valence-electron chi connectivity index (χ4n) is 1.96. The molecule has 4 heteroatoms. The first kappa shape index (κ1) is 15.2. The molecule has 0 atom stereocenters. The molecule has 2 aromatic rings. The average molecular weight is 285 g/mol. The smallest absolute Gasteiger partial charge is 0.309 e. The molecule has 0 aliphatic carbocycles. The third-order valence-electron chi connectivity index (χ3n) is 3.13. The van der Waals surface area contributed by atoms with Gasteiger partial charge in [-0.2, -0.15) is 5.48 Å². The molecular formula is C17H19NO3. The third kappa shape index (κ3) is 5.02. The van der Waals surface area contributed by atoms with Crippen molar-refractivity contribution in [3.63, 3.8) is 0 Å². The molecule has 0 amide bonds. The van der Waals surface area contributed by atoms with E-state index in [1.807, 2.05) is 54.6 Å². The van der Waals surface area contributed by atoms with Crippen LogP contribution in [0.25, 0.3) is 0 Å². The van der Waals surface area contributed by atoms with Gasteiger partial charge in [0.25, 0.3) is 0 Å². The van der Waals surface area contributed by atoms with E-state index >= 15 is 0 Å².